The zero-order valence-corrected chi connectivity index (χ0v) is 17.1. The van der Waals surface area contributed by atoms with Crippen LogP contribution in [0.3, 0.4) is 0 Å². The van der Waals surface area contributed by atoms with E-state index in [2.05, 4.69) is 0 Å². The number of amides is 1. The van der Waals surface area contributed by atoms with Crippen LogP contribution in [0.25, 0.3) is 0 Å². The number of carbonyl (C=O) groups excluding carboxylic acids is 1. The zero-order valence-electron chi connectivity index (χ0n) is 16.3. The van der Waals surface area contributed by atoms with Crippen LogP contribution in [0.5, 0.6) is 5.75 Å². The first kappa shape index (κ1) is 19.9. The molecule has 2 aromatic carbocycles. The molecule has 1 unspecified atom stereocenters. The second-order valence-corrected chi connectivity index (χ2v) is 9.16. The summed E-state index contributed by atoms with van der Waals surface area (Å²) in [6.45, 7) is 3.42. The van der Waals surface area contributed by atoms with E-state index in [0.29, 0.717) is 32.1 Å². The van der Waals surface area contributed by atoms with Crippen LogP contribution in [-0.4, -0.2) is 57.6 Å². The summed E-state index contributed by atoms with van der Waals surface area (Å²) >= 11 is 0. The Bertz CT molecular complexity index is 984. The zero-order chi connectivity index (χ0) is 20.4. The Morgan fingerprint density at radius 2 is 1.79 bits per heavy atom. The van der Waals surface area contributed by atoms with Crippen LogP contribution in [0.15, 0.2) is 53.4 Å². The molecule has 4 rings (SSSR count). The van der Waals surface area contributed by atoms with Crippen LogP contribution in [-0.2, 0) is 26.0 Å². The number of para-hydroxylation sites is 1. The molecule has 8 heteroatoms. The van der Waals surface area contributed by atoms with Gasteiger partial charge in [-0.3, -0.25) is 4.79 Å². The summed E-state index contributed by atoms with van der Waals surface area (Å²) < 4.78 is 37.6. The maximum absolute atomic E-state index is 12.7. The first-order chi connectivity index (χ1) is 14.0. The summed E-state index contributed by atoms with van der Waals surface area (Å²) in [6, 6.07) is 14.2. The van der Waals surface area contributed by atoms with Gasteiger partial charge in [0.25, 0.3) is 5.91 Å². The van der Waals surface area contributed by atoms with E-state index in [-0.39, 0.29) is 23.5 Å². The monoisotopic (exact) mass is 416 g/mol. The van der Waals surface area contributed by atoms with Crippen molar-refractivity contribution in [2.75, 3.05) is 37.8 Å². The normalized spacial score (nSPS) is 19.8. The predicted octanol–water partition coefficient (Wildman–Crippen LogP) is 2.06. The minimum atomic E-state index is -3.54. The third-order valence-electron chi connectivity index (χ3n) is 5.27. The van der Waals surface area contributed by atoms with Gasteiger partial charge >= 0.3 is 0 Å². The molecule has 0 radical (unpaired) electrons. The quantitative estimate of drug-likeness (QED) is 0.746. The molecular weight excluding hydrogens is 392 g/mol. The van der Waals surface area contributed by atoms with Crippen LogP contribution in [0, 0.1) is 0 Å². The van der Waals surface area contributed by atoms with E-state index < -0.39 is 10.0 Å². The standard InChI is InChI=1S/C21H24N2O5S/c1-16-14-17-4-2-3-5-20(17)23(16)21(24)15-28-18-6-8-19(9-7-18)29(25,26)22-10-12-27-13-11-22/h2-9,16H,10-15H2,1H3. The highest BCUT2D eigenvalue weighted by Crippen LogP contribution is 2.32. The van der Waals surface area contributed by atoms with Gasteiger partial charge in [-0.1, -0.05) is 18.2 Å². The van der Waals surface area contributed by atoms with Crippen LogP contribution >= 0.6 is 0 Å². The minimum absolute atomic E-state index is 0.0875. The molecule has 2 aromatic rings. The molecule has 1 fully saturated rings. The number of carbonyl (C=O) groups is 1. The molecule has 2 aliphatic rings. The maximum atomic E-state index is 12.7. The summed E-state index contributed by atoms with van der Waals surface area (Å²) in [5, 5.41) is 0. The van der Waals surface area contributed by atoms with Crippen molar-refractivity contribution in [1.29, 1.82) is 0 Å². The van der Waals surface area contributed by atoms with Gasteiger partial charge in [0.15, 0.2) is 6.61 Å². The Kier molecular flexibility index (Phi) is 5.58. The SMILES string of the molecule is CC1Cc2ccccc2N1C(=O)COc1ccc(S(=O)(=O)N2CCOCC2)cc1. The van der Waals surface area contributed by atoms with Gasteiger partial charge < -0.3 is 14.4 Å². The summed E-state index contributed by atoms with van der Waals surface area (Å²) in [4.78, 5) is 14.7. The molecular formula is C21H24N2O5S. The van der Waals surface area contributed by atoms with Crippen LogP contribution in [0.4, 0.5) is 5.69 Å². The first-order valence-electron chi connectivity index (χ1n) is 9.67. The fraction of sp³-hybridized carbons (Fsp3) is 0.381. The van der Waals surface area contributed by atoms with E-state index in [1.807, 2.05) is 31.2 Å². The molecule has 29 heavy (non-hydrogen) atoms. The van der Waals surface area contributed by atoms with Gasteiger partial charge in [0.05, 0.1) is 18.1 Å². The lowest BCUT2D eigenvalue weighted by Gasteiger charge is -2.26. The summed E-state index contributed by atoms with van der Waals surface area (Å²) in [6.07, 6.45) is 0.829. The number of sulfonamides is 1. The van der Waals surface area contributed by atoms with Crippen LogP contribution in [0.2, 0.25) is 0 Å². The Morgan fingerprint density at radius 1 is 1.10 bits per heavy atom. The van der Waals surface area contributed by atoms with E-state index in [4.69, 9.17) is 9.47 Å². The molecule has 0 bridgehead atoms. The van der Waals surface area contributed by atoms with Gasteiger partial charge in [0.2, 0.25) is 10.0 Å². The van der Waals surface area contributed by atoms with Crippen LogP contribution in [0.1, 0.15) is 12.5 Å². The Hall–Kier alpha value is -2.42. The van der Waals surface area contributed by atoms with Crippen molar-refractivity contribution in [2.45, 2.75) is 24.3 Å². The largest absolute Gasteiger partial charge is 0.484 e. The topological polar surface area (TPSA) is 76.2 Å². The Labute approximate surface area is 170 Å². The van der Waals surface area contributed by atoms with E-state index >= 15 is 0 Å². The minimum Gasteiger partial charge on any atom is -0.484 e. The highest BCUT2D eigenvalue weighted by molar-refractivity contribution is 7.89. The number of benzene rings is 2. The molecule has 0 saturated carbocycles. The van der Waals surface area contributed by atoms with E-state index in [1.54, 1.807) is 17.0 Å². The van der Waals surface area contributed by atoms with Gasteiger partial charge in [-0.15, -0.1) is 0 Å². The second-order valence-electron chi connectivity index (χ2n) is 7.22. The van der Waals surface area contributed by atoms with E-state index in [1.165, 1.54) is 16.4 Å². The van der Waals surface area contributed by atoms with Gasteiger partial charge in [0, 0.05) is 24.8 Å². The number of morpholine rings is 1. The molecule has 1 saturated heterocycles. The van der Waals surface area contributed by atoms with Crippen molar-refractivity contribution in [1.82, 2.24) is 4.31 Å². The average molecular weight is 416 g/mol. The highest BCUT2D eigenvalue weighted by atomic mass is 32.2. The molecule has 0 spiro atoms. The highest BCUT2D eigenvalue weighted by Gasteiger charge is 2.31. The van der Waals surface area contributed by atoms with Crippen molar-refractivity contribution >= 4 is 21.6 Å². The van der Waals surface area contributed by atoms with Crippen molar-refractivity contribution in [3.8, 4) is 5.75 Å². The summed E-state index contributed by atoms with van der Waals surface area (Å²) in [7, 11) is -3.54. The molecule has 2 heterocycles. The van der Waals surface area contributed by atoms with E-state index in [9.17, 15) is 13.2 Å². The van der Waals surface area contributed by atoms with Gasteiger partial charge in [-0.05, 0) is 49.2 Å². The Morgan fingerprint density at radius 3 is 2.52 bits per heavy atom. The number of hydrogen-bond acceptors (Lipinski definition) is 5. The molecule has 1 amide bonds. The predicted molar refractivity (Wildman–Crippen MR) is 109 cm³/mol. The lowest BCUT2D eigenvalue weighted by atomic mass is 10.1. The molecule has 154 valence electrons. The maximum Gasteiger partial charge on any atom is 0.265 e. The fourth-order valence-electron chi connectivity index (χ4n) is 3.80. The molecule has 7 nitrogen and oxygen atoms in total. The van der Waals surface area contributed by atoms with Crippen molar-refractivity contribution in [3.63, 3.8) is 0 Å². The van der Waals surface area contributed by atoms with Crippen LogP contribution < -0.4 is 9.64 Å². The van der Waals surface area contributed by atoms with Crippen molar-refractivity contribution in [2.24, 2.45) is 0 Å². The molecule has 2 aliphatic heterocycles. The molecule has 0 aliphatic carbocycles. The third-order valence-corrected chi connectivity index (χ3v) is 7.18. The lowest BCUT2D eigenvalue weighted by Crippen LogP contribution is -2.40. The number of hydrogen-bond donors (Lipinski definition) is 0. The first-order valence-corrected chi connectivity index (χ1v) is 11.1. The van der Waals surface area contributed by atoms with Crippen molar-refractivity contribution < 1.29 is 22.7 Å². The molecule has 1 atom stereocenters. The number of anilines is 1. The Balaban J connectivity index is 1.40. The molecule has 0 N–H and O–H groups in total. The number of nitrogens with zero attached hydrogens (tertiary/aromatic N) is 2. The number of ether oxygens (including phenoxy) is 2. The van der Waals surface area contributed by atoms with Gasteiger partial charge in [-0.2, -0.15) is 4.31 Å². The number of rotatable bonds is 5. The van der Waals surface area contributed by atoms with Crippen molar-refractivity contribution in [3.05, 3.63) is 54.1 Å². The average Bonchev–Trinajstić information content (AvgIpc) is 3.08. The second kappa shape index (κ2) is 8.14. The van der Waals surface area contributed by atoms with Gasteiger partial charge in [0.1, 0.15) is 5.75 Å². The third kappa shape index (κ3) is 4.01. The smallest absolute Gasteiger partial charge is 0.265 e. The van der Waals surface area contributed by atoms with Gasteiger partial charge in [-0.25, -0.2) is 8.42 Å². The summed E-state index contributed by atoms with van der Waals surface area (Å²) in [5.41, 5.74) is 2.09. The fourth-order valence-corrected chi connectivity index (χ4v) is 5.21. The molecule has 0 aromatic heterocycles. The number of fused-ring (bicyclic) bond motifs is 1. The summed E-state index contributed by atoms with van der Waals surface area (Å²) in [5.74, 6) is 0.340. The lowest BCUT2D eigenvalue weighted by molar-refractivity contribution is -0.120. The van der Waals surface area contributed by atoms with E-state index in [0.717, 1.165) is 17.7 Å².